The zero-order valence-electron chi connectivity index (χ0n) is 15.9. The Hall–Kier alpha value is -2.79. The summed E-state index contributed by atoms with van der Waals surface area (Å²) in [6, 6.07) is 8.31. The predicted octanol–water partition coefficient (Wildman–Crippen LogP) is 4.35. The van der Waals surface area contributed by atoms with E-state index in [1.807, 2.05) is 0 Å². The van der Waals surface area contributed by atoms with Gasteiger partial charge >= 0.3 is 5.69 Å². The maximum Gasteiger partial charge on any atom is 0.306 e. The topological polar surface area (TPSA) is 107 Å². The lowest BCUT2D eigenvalue weighted by atomic mass is 10.2. The largest absolute Gasteiger partial charge is 0.325 e. The van der Waals surface area contributed by atoms with E-state index in [0.717, 1.165) is 28.4 Å². The number of nitro groups is 1. The number of rotatable bonds is 6. The Labute approximate surface area is 182 Å². The first-order chi connectivity index (χ1) is 14.2. The number of nitrogens with one attached hydrogen (secondary N) is 1. The van der Waals surface area contributed by atoms with Crippen molar-refractivity contribution in [1.82, 2.24) is 9.55 Å². The molecule has 0 aliphatic carbocycles. The van der Waals surface area contributed by atoms with Gasteiger partial charge in [0.2, 0.25) is 11.7 Å². The molecule has 1 atom stereocenters. The van der Waals surface area contributed by atoms with Crippen LogP contribution in [0.3, 0.4) is 0 Å². The molecule has 30 heavy (non-hydrogen) atoms. The van der Waals surface area contributed by atoms with Crippen molar-refractivity contribution < 1.29 is 14.1 Å². The summed E-state index contributed by atoms with van der Waals surface area (Å²) in [4.78, 5) is 39.9. The van der Waals surface area contributed by atoms with Crippen molar-refractivity contribution in [2.24, 2.45) is 0 Å². The number of nitro benzene ring substituents is 1. The van der Waals surface area contributed by atoms with Crippen LogP contribution in [0.5, 0.6) is 0 Å². The van der Waals surface area contributed by atoms with E-state index in [9.17, 15) is 24.1 Å². The highest BCUT2D eigenvalue weighted by molar-refractivity contribution is 9.10. The van der Waals surface area contributed by atoms with Gasteiger partial charge in [0.05, 0.1) is 21.1 Å². The zero-order chi connectivity index (χ0) is 22.0. The van der Waals surface area contributed by atoms with Crippen molar-refractivity contribution in [2.75, 3.05) is 5.32 Å². The number of nitrogens with zero attached hydrogens (tertiary/aromatic N) is 3. The molecule has 3 rings (SSSR count). The molecule has 11 heteroatoms. The Kier molecular flexibility index (Phi) is 6.52. The van der Waals surface area contributed by atoms with Crippen LogP contribution in [-0.4, -0.2) is 25.6 Å². The zero-order valence-corrected chi connectivity index (χ0v) is 18.3. The van der Waals surface area contributed by atoms with E-state index in [1.54, 1.807) is 32.0 Å². The number of anilines is 1. The number of benzene rings is 2. The smallest absolute Gasteiger partial charge is 0.306 e. The summed E-state index contributed by atoms with van der Waals surface area (Å²) in [5, 5.41) is 13.6. The number of thioether (sulfide) groups is 1. The van der Waals surface area contributed by atoms with Crippen LogP contribution in [0, 0.1) is 15.9 Å². The molecule has 0 radical (unpaired) electrons. The molecule has 0 saturated carbocycles. The molecule has 0 aliphatic heterocycles. The molecule has 1 unspecified atom stereocenters. The van der Waals surface area contributed by atoms with E-state index >= 15 is 0 Å². The Morgan fingerprint density at radius 1 is 1.37 bits per heavy atom. The van der Waals surface area contributed by atoms with E-state index in [-0.39, 0.29) is 11.2 Å². The number of hydrogen-bond donors (Lipinski definition) is 1. The van der Waals surface area contributed by atoms with E-state index in [0.29, 0.717) is 22.6 Å². The first kappa shape index (κ1) is 21.9. The first-order valence-electron chi connectivity index (χ1n) is 8.82. The highest BCUT2D eigenvalue weighted by Crippen LogP contribution is 2.26. The van der Waals surface area contributed by atoms with Crippen molar-refractivity contribution in [3.8, 4) is 0 Å². The summed E-state index contributed by atoms with van der Waals surface area (Å²) in [5.41, 5.74) is -0.328. The second-order valence-corrected chi connectivity index (χ2v) is 8.50. The Bertz CT molecular complexity index is 1220. The van der Waals surface area contributed by atoms with Crippen molar-refractivity contribution in [3.05, 3.63) is 67.2 Å². The minimum Gasteiger partial charge on any atom is -0.325 e. The number of carbonyl (C=O) groups excluding carboxylic acids is 1. The van der Waals surface area contributed by atoms with Crippen LogP contribution in [0.15, 0.2) is 50.8 Å². The molecule has 1 aromatic heterocycles. The Morgan fingerprint density at radius 2 is 2.10 bits per heavy atom. The highest BCUT2D eigenvalue weighted by atomic mass is 79.9. The molecular weight excluding hydrogens is 479 g/mol. The minimum absolute atomic E-state index is 0.102. The number of hydrogen-bond acceptors (Lipinski definition) is 6. The normalized spacial score (nSPS) is 12.0. The number of amides is 1. The molecule has 1 heterocycles. The first-order valence-corrected chi connectivity index (χ1v) is 10.5. The fourth-order valence-electron chi connectivity index (χ4n) is 2.73. The van der Waals surface area contributed by atoms with Gasteiger partial charge in [-0.25, -0.2) is 4.98 Å². The summed E-state index contributed by atoms with van der Waals surface area (Å²) in [6.45, 7) is 3.80. The van der Waals surface area contributed by atoms with E-state index in [1.165, 1.54) is 10.6 Å². The highest BCUT2D eigenvalue weighted by Gasteiger charge is 2.21. The molecule has 1 N–H and O–H groups in total. The van der Waals surface area contributed by atoms with Crippen LogP contribution < -0.4 is 10.9 Å². The monoisotopic (exact) mass is 494 g/mol. The van der Waals surface area contributed by atoms with Crippen molar-refractivity contribution in [3.63, 3.8) is 0 Å². The third-order valence-electron chi connectivity index (χ3n) is 4.26. The van der Waals surface area contributed by atoms with Gasteiger partial charge in [-0.15, -0.1) is 0 Å². The molecule has 0 spiro atoms. The predicted molar refractivity (Wildman–Crippen MR) is 116 cm³/mol. The number of fused-ring (bicyclic) bond motifs is 1. The summed E-state index contributed by atoms with van der Waals surface area (Å²) >= 11 is 4.43. The molecule has 8 nitrogen and oxygen atoms in total. The van der Waals surface area contributed by atoms with Crippen molar-refractivity contribution in [1.29, 1.82) is 0 Å². The lowest BCUT2D eigenvalue weighted by molar-refractivity contribution is -0.387. The van der Waals surface area contributed by atoms with Gasteiger partial charge in [-0.3, -0.25) is 24.3 Å². The number of carbonyl (C=O) groups is 1. The standard InChI is InChI=1S/C19H16BrFN4O4S/c1-3-24-18(27)13-8-11(20)4-7-15(13)23-19(24)30-10(2)17(26)22-12-5-6-14(21)16(9-12)25(28)29/h4-10H,3H2,1-2H3,(H,22,26). The quantitative estimate of drug-likeness (QED) is 0.236. The van der Waals surface area contributed by atoms with Crippen LogP contribution in [0.2, 0.25) is 0 Å². The van der Waals surface area contributed by atoms with Gasteiger partial charge in [-0.2, -0.15) is 4.39 Å². The van der Waals surface area contributed by atoms with Crippen molar-refractivity contribution >= 4 is 55.9 Å². The molecule has 0 fully saturated rings. The Balaban J connectivity index is 1.86. The summed E-state index contributed by atoms with van der Waals surface area (Å²) in [7, 11) is 0. The van der Waals surface area contributed by atoms with Crippen LogP contribution in [-0.2, 0) is 11.3 Å². The van der Waals surface area contributed by atoms with Crippen LogP contribution in [0.25, 0.3) is 10.9 Å². The third-order valence-corrected chi connectivity index (χ3v) is 5.84. The van der Waals surface area contributed by atoms with Crippen molar-refractivity contribution in [2.45, 2.75) is 30.8 Å². The lowest BCUT2D eigenvalue weighted by Gasteiger charge is -2.15. The van der Waals surface area contributed by atoms with E-state index in [2.05, 4.69) is 26.2 Å². The van der Waals surface area contributed by atoms with E-state index in [4.69, 9.17) is 0 Å². The molecule has 156 valence electrons. The molecular formula is C19H16BrFN4O4S. The van der Waals surface area contributed by atoms with E-state index < -0.39 is 27.6 Å². The molecule has 0 aliphatic rings. The SMILES string of the molecule is CCn1c(SC(C)C(=O)Nc2ccc(F)c([N+](=O)[O-])c2)nc2ccc(Br)cc2c1=O. The molecule has 3 aromatic rings. The van der Waals surface area contributed by atoms with Gasteiger partial charge in [0, 0.05) is 22.8 Å². The summed E-state index contributed by atoms with van der Waals surface area (Å²) in [6.07, 6.45) is 0. The second kappa shape index (κ2) is 8.92. The Morgan fingerprint density at radius 3 is 2.77 bits per heavy atom. The minimum atomic E-state index is -0.987. The average Bonchev–Trinajstić information content (AvgIpc) is 2.70. The summed E-state index contributed by atoms with van der Waals surface area (Å²) in [5.74, 6) is -1.45. The lowest BCUT2D eigenvalue weighted by Crippen LogP contribution is -2.26. The molecule has 1 amide bonds. The van der Waals surface area contributed by atoms with Gasteiger partial charge in [0.1, 0.15) is 0 Å². The fourth-order valence-corrected chi connectivity index (χ4v) is 4.06. The molecule has 0 saturated heterocycles. The van der Waals surface area contributed by atoms with Gasteiger partial charge in [0.25, 0.3) is 5.56 Å². The third kappa shape index (κ3) is 4.51. The number of aromatic nitrogens is 2. The maximum absolute atomic E-state index is 13.5. The van der Waals surface area contributed by atoms with Gasteiger partial charge in [0.15, 0.2) is 5.16 Å². The fraction of sp³-hybridized carbons (Fsp3) is 0.211. The average molecular weight is 495 g/mol. The summed E-state index contributed by atoms with van der Waals surface area (Å²) < 4.78 is 15.7. The van der Waals surface area contributed by atoms with Crippen LogP contribution in [0.1, 0.15) is 13.8 Å². The maximum atomic E-state index is 13.5. The van der Waals surface area contributed by atoms with Gasteiger partial charge in [-0.05, 0) is 44.2 Å². The number of halogens is 2. The van der Waals surface area contributed by atoms with Crippen LogP contribution >= 0.6 is 27.7 Å². The van der Waals surface area contributed by atoms with Gasteiger partial charge in [-0.1, -0.05) is 27.7 Å². The van der Waals surface area contributed by atoms with Gasteiger partial charge < -0.3 is 5.32 Å². The van der Waals surface area contributed by atoms with Crippen LogP contribution in [0.4, 0.5) is 15.8 Å². The molecule has 0 bridgehead atoms. The molecule has 2 aromatic carbocycles. The second-order valence-electron chi connectivity index (χ2n) is 6.28.